The number of ether oxygens (including phenoxy) is 1. The van der Waals surface area contributed by atoms with Crippen LogP contribution in [0.2, 0.25) is 0 Å². The molecule has 0 aliphatic carbocycles. The molecule has 3 aromatic rings. The molecule has 0 saturated heterocycles. The predicted molar refractivity (Wildman–Crippen MR) is 118 cm³/mol. The van der Waals surface area contributed by atoms with Crippen LogP contribution in [-0.4, -0.2) is 32.7 Å². The first-order valence-corrected chi connectivity index (χ1v) is 10.6. The smallest absolute Gasteiger partial charge is 0.305 e. The molecule has 6 nitrogen and oxygen atoms in total. The molecule has 0 spiro atoms. The SMILES string of the molecule is CCC(=O)OCCC(CC)c1cc(-n2nc3ccccc3n2)c(O)c(C(C)(C)C)c1. The molecular formula is C24H31N3O3. The second-order valence-electron chi connectivity index (χ2n) is 8.63. The van der Waals surface area contributed by atoms with Crippen LogP contribution < -0.4 is 0 Å². The minimum absolute atomic E-state index is 0.181. The van der Waals surface area contributed by atoms with Crippen molar-refractivity contribution in [1.82, 2.24) is 15.0 Å². The molecule has 1 aromatic heterocycles. The van der Waals surface area contributed by atoms with Gasteiger partial charge in [0, 0.05) is 12.0 Å². The highest BCUT2D eigenvalue weighted by atomic mass is 16.5. The molecule has 160 valence electrons. The summed E-state index contributed by atoms with van der Waals surface area (Å²) in [5.41, 5.74) is 3.80. The molecule has 0 radical (unpaired) electrons. The third-order valence-corrected chi connectivity index (χ3v) is 5.40. The van der Waals surface area contributed by atoms with Crippen LogP contribution >= 0.6 is 0 Å². The standard InChI is InChI=1S/C24H31N3O3/c1-6-16(12-13-30-22(28)7-2)17-14-18(24(3,4)5)23(29)21(15-17)27-25-19-10-8-9-11-20(19)26-27/h8-11,14-16,29H,6-7,12-13H2,1-5H3. The number of hydrogen-bond acceptors (Lipinski definition) is 5. The van der Waals surface area contributed by atoms with E-state index in [-0.39, 0.29) is 23.1 Å². The molecule has 0 bridgehead atoms. The van der Waals surface area contributed by atoms with E-state index in [1.165, 1.54) is 4.80 Å². The zero-order valence-electron chi connectivity index (χ0n) is 18.5. The number of hydrogen-bond donors (Lipinski definition) is 1. The Labute approximate surface area is 177 Å². The number of aromatic nitrogens is 3. The van der Waals surface area contributed by atoms with Gasteiger partial charge in [0.25, 0.3) is 0 Å². The van der Waals surface area contributed by atoms with Crippen LogP contribution in [0, 0.1) is 0 Å². The minimum Gasteiger partial charge on any atom is -0.505 e. The van der Waals surface area contributed by atoms with Gasteiger partial charge in [0.2, 0.25) is 0 Å². The summed E-state index contributed by atoms with van der Waals surface area (Å²) in [6.45, 7) is 10.5. The topological polar surface area (TPSA) is 77.2 Å². The van der Waals surface area contributed by atoms with Crippen LogP contribution in [0.1, 0.15) is 70.9 Å². The summed E-state index contributed by atoms with van der Waals surface area (Å²) in [6, 6.07) is 11.7. The Hall–Kier alpha value is -2.89. The number of benzene rings is 2. The quantitative estimate of drug-likeness (QED) is 0.539. The second kappa shape index (κ2) is 8.86. The van der Waals surface area contributed by atoms with Crippen molar-refractivity contribution in [3.8, 4) is 11.4 Å². The van der Waals surface area contributed by atoms with Crippen molar-refractivity contribution >= 4 is 17.0 Å². The Morgan fingerprint density at radius 1 is 1.13 bits per heavy atom. The highest BCUT2D eigenvalue weighted by Gasteiger charge is 2.25. The molecule has 6 heteroatoms. The van der Waals surface area contributed by atoms with Gasteiger partial charge in [-0.2, -0.15) is 0 Å². The summed E-state index contributed by atoms with van der Waals surface area (Å²) in [4.78, 5) is 13.0. The van der Waals surface area contributed by atoms with Gasteiger partial charge >= 0.3 is 5.97 Å². The van der Waals surface area contributed by atoms with Crippen molar-refractivity contribution in [2.45, 2.75) is 65.2 Å². The van der Waals surface area contributed by atoms with Crippen LogP contribution in [0.15, 0.2) is 36.4 Å². The first-order valence-electron chi connectivity index (χ1n) is 10.6. The molecule has 0 aliphatic heterocycles. The van der Waals surface area contributed by atoms with Crippen molar-refractivity contribution in [1.29, 1.82) is 0 Å². The Morgan fingerprint density at radius 3 is 2.30 bits per heavy atom. The van der Waals surface area contributed by atoms with Crippen molar-refractivity contribution in [3.63, 3.8) is 0 Å². The molecule has 1 atom stereocenters. The van der Waals surface area contributed by atoms with Gasteiger partial charge in [0.05, 0.1) is 6.61 Å². The maximum Gasteiger partial charge on any atom is 0.305 e. The van der Waals surface area contributed by atoms with Gasteiger partial charge in [0.15, 0.2) is 0 Å². The number of phenols is 1. The van der Waals surface area contributed by atoms with E-state index in [1.54, 1.807) is 6.92 Å². The Balaban J connectivity index is 2.05. The number of esters is 1. The second-order valence-corrected chi connectivity index (χ2v) is 8.63. The van der Waals surface area contributed by atoms with Gasteiger partial charge in [-0.15, -0.1) is 15.0 Å². The summed E-state index contributed by atoms with van der Waals surface area (Å²) in [6.07, 6.45) is 2.00. The monoisotopic (exact) mass is 409 g/mol. The van der Waals surface area contributed by atoms with Crippen LogP contribution in [-0.2, 0) is 14.9 Å². The highest BCUT2D eigenvalue weighted by molar-refractivity contribution is 5.74. The molecular weight excluding hydrogens is 378 g/mol. The largest absolute Gasteiger partial charge is 0.505 e. The normalized spacial score (nSPS) is 12.8. The van der Waals surface area contributed by atoms with E-state index in [1.807, 2.05) is 30.3 Å². The first-order chi connectivity index (χ1) is 14.2. The number of carbonyl (C=O) groups is 1. The van der Waals surface area contributed by atoms with E-state index in [2.05, 4.69) is 44.0 Å². The summed E-state index contributed by atoms with van der Waals surface area (Å²) in [5, 5.41) is 20.2. The van der Waals surface area contributed by atoms with Crippen LogP contribution in [0.4, 0.5) is 0 Å². The fourth-order valence-electron chi connectivity index (χ4n) is 3.59. The van der Waals surface area contributed by atoms with Gasteiger partial charge in [0.1, 0.15) is 22.5 Å². The summed E-state index contributed by atoms with van der Waals surface area (Å²) >= 11 is 0. The number of fused-ring (bicyclic) bond motifs is 1. The number of nitrogens with zero attached hydrogens (tertiary/aromatic N) is 3. The Bertz CT molecular complexity index is 1000. The number of aromatic hydroxyl groups is 1. The van der Waals surface area contributed by atoms with Crippen molar-refractivity contribution in [3.05, 3.63) is 47.5 Å². The van der Waals surface area contributed by atoms with Gasteiger partial charge < -0.3 is 9.84 Å². The van der Waals surface area contributed by atoms with Gasteiger partial charge in [-0.05, 0) is 47.9 Å². The molecule has 0 amide bonds. The lowest BCUT2D eigenvalue weighted by atomic mass is 9.82. The van der Waals surface area contributed by atoms with Crippen LogP contribution in [0.5, 0.6) is 5.75 Å². The molecule has 30 heavy (non-hydrogen) atoms. The minimum atomic E-state index is -0.256. The van der Waals surface area contributed by atoms with Crippen molar-refractivity contribution in [2.75, 3.05) is 6.61 Å². The molecule has 0 fully saturated rings. The van der Waals surface area contributed by atoms with E-state index >= 15 is 0 Å². The zero-order chi connectivity index (χ0) is 21.9. The van der Waals surface area contributed by atoms with E-state index in [0.717, 1.165) is 35.0 Å². The number of carbonyl (C=O) groups excluding carboxylic acids is 1. The number of rotatable bonds is 7. The van der Waals surface area contributed by atoms with Crippen LogP contribution in [0.3, 0.4) is 0 Å². The summed E-state index contributed by atoms with van der Waals surface area (Å²) in [5.74, 6) is 0.206. The molecule has 3 rings (SSSR count). The lowest BCUT2D eigenvalue weighted by Crippen LogP contribution is -2.15. The van der Waals surface area contributed by atoms with Crippen molar-refractivity contribution < 1.29 is 14.6 Å². The third-order valence-electron chi connectivity index (χ3n) is 5.40. The molecule has 0 saturated carbocycles. The fraction of sp³-hybridized carbons (Fsp3) is 0.458. The average molecular weight is 410 g/mol. The van der Waals surface area contributed by atoms with Crippen LogP contribution in [0.25, 0.3) is 16.7 Å². The lowest BCUT2D eigenvalue weighted by molar-refractivity contribution is -0.143. The van der Waals surface area contributed by atoms with Gasteiger partial charge in [-0.25, -0.2) is 0 Å². The average Bonchev–Trinajstić information content (AvgIpc) is 3.14. The zero-order valence-corrected chi connectivity index (χ0v) is 18.5. The molecule has 0 aliphatic rings. The Kier molecular flexibility index (Phi) is 6.44. The fourth-order valence-corrected chi connectivity index (χ4v) is 3.59. The highest BCUT2D eigenvalue weighted by Crippen LogP contribution is 2.39. The molecule has 1 N–H and O–H groups in total. The third kappa shape index (κ3) is 4.64. The van der Waals surface area contributed by atoms with E-state index in [9.17, 15) is 9.90 Å². The maximum absolute atomic E-state index is 11.5. The van der Waals surface area contributed by atoms with E-state index in [0.29, 0.717) is 18.7 Å². The van der Waals surface area contributed by atoms with E-state index < -0.39 is 0 Å². The summed E-state index contributed by atoms with van der Waals surface area (Å²) < 4.78 is 5.30. The van der Waals surface area contributed by atoms with Crippen molar-refractivity contribution in [2.24, 2.45) is 0 Å². The predicted octanol–water partition coefficient (Wildman–Crippen LogP) is 5.26. The Morgan fingerprint density at radius 2 is 1.77 bits per heavy atom. The molecule has 2 aromatic carbocycles. The van der Waals surface area contributed by atoms with E-state index in [4.69, 9.17) is 4.74 Å². The maximum atomic E-state index is 11.5. The first kappa shape index (κ1) is 21.8. The van der Waals surface area contributed by atoms with Gasteiger partial charge in [-0.1, -0.05) is 52.8 Å². The van der Waals surface area contributed by atoms with Gasteiger partial charge in [-0.3, -0.25) is 4.79 Å². The summed E-state index contributed by atoms with van der Waals surface area (Å²) in [7, 11) is 0. The molecule has 1 heterocycles. The lowest BCUT2D eigenvalue weighted by Gasteiger charge is -2.25. The molecule has 1 unspecified atom stereocenters. The number of phenolic OH excluding ortho intramolecular Hbond substituents is 1.